The number of hydrogen-bond donors (Lipinski definition) is 2. The first-order valence-electron chi connectivity index (χ1n) is 9.11. The summed E-state index contributed by atoms with van der Waals surface area (Å²) in [5.41, 5.74) is 0. The van der Waals surface area contributed by atoms with E-state index in [1.807, 2.05) is 45.2 Å². The van der Waals surface area contributed by atoms with E-state index in [1.54, 1.807) is 12.0 Å². The maximum atomic E-state index is 11.6. The number of aliphatic imine (C=N–C) groups is 1. The first-order valence-corrected chi connectivity index (χ1v) is 9.11. The summed E-state index contributed by atoms with van der Waals surface area (Å²) in [6, 6.07) is 7.73. The lowest BCUT2D eigenvalue weighted by molar-refractivity contribution is -0.132. The summed E-state index contributed by atoms with van der Waals surface area (Å²) in [5, 5.41) is 6.67. The minimum absolute atomic E-state index is 0. The third kappa shape index (κ3) is 7.82. The summed E-state index contributed by atoms with van der Waals surface area (Å²) in [5.74, 6) is 2.55. The van der Waals surface area contributed by atoms with Crippen LogP contribution < -0.4 is 20.1 Å². The van der Waals surface area contributed by atoms with Crippen LogP contribution in [0.4, 0.5) is 0 Å². The molecule has 8 heteroatoms. The SMILES string of the molecule is CCNC(=NCC(C)Oc1ccc(OC)cc1)NC1CCC(=O)N(C)C1.I. The zero-order chi connectivity index (χ0) is 18.9. The van der Waals surface area contributed by atoms with Crippen molar-refractivity contribution in [2.24, 2.45) is 4.99 Å². The number of nitrogens with zero attached hydrogens (tertiary/aromatic N) is 2. The topological polar surface area (TPSA) is 75.2 Å². The highest BCUT2D eigenvalue weighted by molar-refractivity contribution is 14.0. The molecule has 7 nitrogen and oxygen atoms in total. The van der Waals surface area contributed by atoms with Gasteiger partial charge in [-0.05, 0) is 44.5 Å². The number of halogens is 1. The van der Waals surface area contributed by atoms with Crippen LogP contribution in [0.25, 0.3) is 0 Å². The van der Waals surface area contributed by atoms with E-state index in [9.17, 15) is 4.79 Å². The van der Waals surface area contributed by atoms with Gasteiger partial charge < -0.3 is 25.0 Å². The van der Waals surface area contributed by atoms with Gasteiger partial charge in [-0.15, -0.1) is 24.0 Å². The number of rotatable bonds is 7. The Labute approximate surface area is 178 Å². The van der Waals surface area contributed by atoms with Crippen molar-refractivity contribution in [3.63, 3.8) is 0 Å². The van der Waals surface area contributed by atoms with E-state index >= 15 is 0 Å². The Balaban J connectivity index is 0.00000364. The molecule has 1 saturated heterocycles. The molecule has 2 unspecified atom stereocenters. The highest BCUT2D eigenvalue weighted by Gasteiger charge is 2.23. The van der Waals surface area contributed by atoms with Crippen molar-refractivity contribution in [3.05, 3.63) is 24.3 Å². The molecular formula is C19H31IN4O3. The van der Waals surface area contributed by atoms with E-state index < -0.39 is 0 Å². The third-order valence-electron chi connectivity index (χ3n) is 4.21. The van der Waals surface area contributed by atoms with Crippen LogP contribution in [0.3, 0.4) is 0 Å². The minimum atomic E-state index is -0.0607. The highest BCUT2D eigenvalue weighted by Crippen LogP contribution is 2.18. The Bertz CT molecular complexity index is 609. The van der Waals surface area contributed by atoms with E-state index in [0.29, 0.717) is 19.5 Å². The first-order chi connectivity index (χ1) is 12.5. The van der Waals surface area contributed by atoms with Crippen LogP contribution in [0, 0.1) is 0 Å². The number of carbonyl (C=O) groups excluding carboxylic acids is 1. The molecule has 0 radical (unpaired) electrons. The third-order valence-corrected chi connectivity index (χ3v) is 4.21. The lowest BCUT2D eigenvalue weighted by Gasteiger charge is -2.31. The lowest BCUT2D eigenvalue weighted by Crippen LogP contribution is -2.51. The molecular weight excluding hydrogens is 459 g/mol. The number of amides is 1. The Morgan fingerprint density at radius 2 is 2.00 bits per heavy atom. The van der Waals surface area contributed by atoms with Crippen molar-refractivity contribution in [2.75, 3.05) is 33.8 Å². The van der Waals surface area contributed by atoms with Gasteiger partial charge in [-0.2, -0.15) is 0 Å². The molecule has 27 heavy (non-hydrogen) atoms. The highest BCUT2D eigenvalue weighted by atomic mass is 127. The fraction of sp³-hybridized carbons (Fsp3) is 0.579. The Hall–Kier alpha value is -1.71. The van der Waals surface area contributed by atoms with Crippen LogP contribution >= 0.6 is 24.0 Å². The number of methoxy groups -OCH3 is 1. The second-order valence-electron chi connectivity index (χ2n) is 6.48. The quantitative estimate of drug-likeness (QED) is 0.349. The smallest absolute Gasteiger partial charge is 0.222 e. The normalized spacial score (nSPS) is 18.4. The van der Waals surface area contributed by atoms with Gasteiger partial charge in [0.1, 0.15) is 17.6 Å². The molecule has 1 heterocycles. The number of ether oxygens (including phenoxy) is 2. The maximum absolute atomic E-state index is 11.6. The molecule has 1 aromatic rings. The predicted octanol–water partition coefficient (Wildman–Crippen LogP) is 2.26. The average molecular weight is 490 g/mol. The minimum Gasteiger partial charge on any atom is -0.497 e. The molecule has 0 spiro atoms. The molecule has 1 aliphatic rings. The van der Waals surface area contributed by atoms with E-state index in [0.717, 1.165) is 30.4 Å². The molecule has 1 aliphatic heterocycles. The summed E-state index contributed by atoms with van der Waals surface area (Å²) >= 11 is 0. The van der Waals surface area contributed by atoms with Crippen molar-refractivity contribution in [2.45, 2.75) is 38.8 Å². The van der Waals surface area contributed by atoms with Gasteiger partial charge in [0.05, 0.1) is 13.7 Å². The molecule has 0 bridgehead atoms. The van der Waals surface area contributed by atoms with Gasteiger partial charge >= 0.3 is 0 Å². The predicted molar refractivity (Wildman–Crippen MR) is 118 cm³/mol. The van der Waals surface area contributed by atoms with E-state index in [1.165, 1.54) is 0 Å². The van der Waals surface area contributed by atoms with Crippen molar-refractivity contribution in [1.29, 1.82) is 0 Å². The van der Waals surface area contributed by atoms with Crippen molar-refractivity contribution >= 4 is 35.8 Å². The molecule has 0 aliphatic carbocycles. The van der Waals surface area contributed by atoms with Crippen molar-refractivity contribution in [1.82, 2.24) is 15.5 Å². The van der Waals surface area contributed by atoms with Crippen LogP contribution in [0.2, 0.25) is 0 Å². The number of piperidine rings is 1. The van der Waals surface area contributed by atoms with Gasteiger partial charge in [0, 0.05) is 32.6 Å². The average Bonchev–Trinajstić information content (AvgIpc) is 2.63. The molecule has 1 amide bonds. The number of hydrogen-bond acceptors (Lipinski definition) is 4. The summed E-state index contributed by atoms with van der Waals surface area (Å²) < 4.78 is 11.0. The van der Waals surface area contributed by atoms with Gasteiger partial charge in [0.2, 0.25) is 5.91 Å². The zero-order valence-corrected chi connectivity index (χ0v) is 18.9. The molecule has 2 atom stereocenters. The van der Waals surface area contributed by atoms with Crippen LogP contribution in [0.1, 0.15) is 26.7 Å². The molecule has 1 aromatic carbocycles. The number of carbonyl (C=O) groups is 1. The van der Waals surface area contributed by atoms with E-state index in [4.69, 9.17) is 9.47 Å². The Morgan fingerprint density at radius 1 is 1.33 bits per heavy atom. The summed E-state index contributed by atoms with van der Waals surface area (Å²) in [6.45, 7) is 6.03. The summed E-state index contributed by atoms with van der Waals surface area (Å²) in [6.07, 6.45) is 1.34. The standard InChI is InChI=1S/C19H30N4O3.HI/c1-5-20-19(22-15-6-11-18(24)23(3)13-15)21-12-14(2)26-17-9-7-16(25-4)8-10-17;/h7-10,14-15H,5-6,11-13H2,1-4H3,(H2,20,21,22);1H. The van der Waals surface area contributed by atoms with Crippen LogP contribution in [-0.4, -0.2) is 62.7 Å². The molecule has 1 fully saturated rings. The van der Waals surface area contributed by atoms with Crippen LogP contribution in [-0.2, 0) is 4.79 Å². The van der Waals surface area contributed by atoms with Gasteiger partial charge in [-0.25, -0.2) is 4.99 Å². The number of benzene rings is 1. The van der Waals surface area contributed by atoms with Gasteiger partial charge in [0.25, 0.3) is 0 Å². The molecule has 2 N–H and O–H groups in total. The second kappa shape index (κ2) is 11.9. The zero-order valence-electron chi connectivity index (χ0n) is 16.5. The number of likely N-dealkylation sites (tertiary alicyclic amines) is 1. The van der Waals surface area contributed by atoms with Crippen LogP contribution in [0.5, 0.6) is 11.5 Å². The van der Waals surface area contributed by atoms with E-state index in [2.05, 4.69) is 15.6 Å². The first kappa shape index (κ1) is 23.3. The lowest BCUT2D eigenvalue weighted by atomic mass is 10.1. The molecule has 0 aromatic heterocycles. The number of guanidine groups is 1. The summed E-state index contributed by atoms with van der Waals surface area (Å²) in [4.78, 5) is 18.0. The van der Waals surface area contributed by atoms with Gasteiger partial charge in [-0.3, -0.25) is 4.79 Å². The monoisotopic (exact) mass is 490 g/mol. The molecule has 152 valence electrons. The van der Waals surface area contributed by atoms with Gasteiger partial charge in [-0.1, -0.05) is 0 Å². The van der Waals surface area contributed by atoms with Gasteiger partial charge in [0.15, 0.2) is 5.96 Å². The fourth-order valence-electron chi connectivity index (χ4n) is 2.79. The molecule has 2 rings (SSSR count). The largest absolute Gasteiger partial charge is 0.497 e. The number of likely N-dealkylation sites (N-methyl/N-ethyl adjacent to an activating group) is 1. The van der Waals surface area contributed by atoms with E-state index in [-0.39, 0.29) is 42.0 Å². The fourth-order valence-corrected chi connectivity index (χ4v) is 2.79. The Morgan fingerprint density at radius 3 is 2.59 bits per heavy atom. The summed E-state index contributed by atoms with van der Waals surface area (Å²) in [7, 11) is 3.48. The number of nitrogens with one attached hydrogen (secondary N) is 2. The Kier molecular flexibility index (Phi) is 10.3. The molecule has 0 saturated carbocycles. The van der Waals surface area contributed by atoms with Crippen molar-refractivity contribution < 1.29 is 14.3 Å². The maximum Gasteiger partial charge on any atom is 0.222 e. The second-order valence-corrected chi connectivity index (χ2v) is 6.48. The van der Waals surface area contributed by atoms with Crippen LogP contribution in [0.15, 0.2) is 29.3 Å². The van der Waals surface area contributed by atoms with Crippen molar-refractivity contribution in [3.8, 4) is 11.5 Å².